The summed E-state index contributed by atoms with van der Waals surface area (Å²) in [4.78, 5) is 0.334. The molecule has 136 valence electrons. The Hall–Kier alpha value is -1.85. The third-order valence-electron chi connectivity index (χ3n) is 4.29. The number of rotatable bonds is 9. The Labute approximate surface area is 150 Å². The van der Waals surface area contributed by atoms with Gasteiger partial charge in [0, 0.05) is 19.3 Å². The number of hydrogen-bond acceptors (Lipinski definition) is 4. The molecule has 25 heavy (non-hydrogen) atoms. The van der Waals surface area contributed by atoms with Crippen LogP contribution in [-0.4, -0.2) is 33.0 Å². The minimum Gasteiger partial charge on any atom is -0.493 e. The van der Waals surface area contributed by atoms with Crippen LogP contribution in [0.4, 0.5) is 0 Å². The van der Waals surface area contributed by atoms with Gasteiger partial charge in [0.15, 0.2) is 9.84 Å². The van der Waals surface area contributed by atoms with E-state index in [0.29, 0.717) is 23.8 Å². The summed E-state index contributed by atoms with van der Waals surface area (Å²) in [6, 6.07) is 14.9. The van der Waals surface area contributed by atoms with Gasteiger partial charge in [0.1, 0.15) is 5.75 Å². The van der Waals surface area contributed by atoms with Crippen molar-refractivity contribution in [3.63, 3.8) is 0 Å². The zero-order valence-electron chi connectivity index (χ0n) is 14.8. The van der Waals surface area contributed by atoms with Crippen molar-refractivity contribution in [1.29, 1.82) is 0 Å². The van der Waals surface area contributed by atoms with Crippen LogP contribution in [0.15, 0.2) is 53.4 Å². The molecule has 1 unspecified atom stereocenters. The molecule has 0 aliphatic rings. The topological polar surface area (TPSA) is 63.6 Å². The van der Waals surface area contributed by atoms with Crippen molar-refractivity contribution in [2.75, 3.05) is 19.5 Å². The Balaban J connectivity index is 1.83. The van der Waals surface area contributed by atoms with Crippen LogP contribution in [0.5, 0.6) is 5.75 Å². The maximum atomic E-state index is 11.4. The molecule has 0 bridgehead atoms. The predicted molar refractivity (Wildman–Crippen MR) is 99.8 cm³/mol. The molecule has 0 saturated carbocycles. The smallest absolute Gasteiger partial charge is 0.175 e. The molecule has 0 saturated heterocycles. The van der Waals surface area contributed by atoms with Crippen LogP contribution < -0.4 is 4.74 Å². The van der Waals surface area contributed by atoms with E-state index in [4.69, 9.17) is 4.74 Å². The summed E-state index contributed by atoms with van der Waals surface area (Å²) in [6.07, 6.45) is 3.76. The molecule has 0 fully saturated rings. The van der Waals surface area contributed by atoms with Gasteiger partial charge in [-0.2, -0.15) is 0 Å². The molecule has 0 radical (unpaired) electrons. The molecule has 0 aromatic heterocycles. The Bertz CT molecular complexity index is 745. The van der Waals surface area contributed by atoms with E-state index in [1.165, 1.54) is 11.8 Å². The van der Waals surface area contributed by atoms with Crippen molar-refractivity contribution < 1.29 is 18.3 Å². The molecule has 0 heterocycles. The average molecular weight is 362 g/mol. The van der Waals surface area contributed by atoms with Crippen molar-refractivity contribution in [2.24, 2.45) is 5.92 Å². The number of hydrogen-bond donors (Lipinski definition) is 1. The van der Waals surface area contributed by atoms with Gasteiger partial charge in [0.25, 0.3) is 0 Å². The third kappa shape index (κ3) is 6.18. The summed E-state index contributed by atoms with van der Waals surface area (Å²) in [5.41, 5.74) is 2.24. The number of aliphatic hydroxyl groups is 1. The van der Waals surface area contributed by atoms with Gasteiger partial charge in [-0.25, -0.2) is 8.42 Å². The molecule has 0 amide bonds. The maximum absolute atomic E-state index is 11.4. The van der Waals surface area contributed by atoms with Crippen molar-refractivity contribution in [2.45, 2.75) is 31.1 Å². The molecule has 5 heteroatoms. The Morgan fingerprint density at radius 1 is 1.00 bits per heavy atom. The number of benzene rings is 2. The summed E-state index contributed by atoms with van der Waals surface area (Å²) in [6.45, 7) is 2.83. The molecule has 0 spiro atoms. The quantitative estimate of drug-likeness (QED) is 0.744. The highest BCUT2D eigenvalue weighted by Crippen LogP contribution is 2.17. The molecule has 2 aromatic rings. The van der Waals surface area contributed by atoms with Crippen LogP contribution in [0.2, 0.25) is 0 Å². The van der Waals surface area contributed by atoms with Gasteiger partial charge in [-0.3, -0.25) is 0 Å². The zero-order chi connectivity index (χ0) is 18.3. The van der Waals surface area contributed by atoms with E-state index in [-0.39, 0.29) is 6.61 Å². The lowest BCUT2D eigenvalue weighted by atomic mass is 9.98. The van der Waals surface area contributed by atoms with Crippen LogP contribution >= 0.6 is 0 Å². The number of ether oxygens (including phenoxy) is 1. The Morgan fingerprint density at radius 3 is 2.12 bits per heavy atom. The molecule has 1 atom stereocenters. The van der Waals surface area contributed by atoms with Crippen LogP contribution in [0.3, 0.4) is 0 Å². The van der Waals surface area contributed by atoms with Crippen molar-refractivity contribution in [3.8, 4) is 5.75 Å². The molecule has 4 nitrogen and oxygen atoms in total. The second kappa shape index (κ2) is 9.02. The van der Waals surface area contributed by atoms with Crippen molar-refractivity contribution in [1.82, 2.24) is 0 Å². The van der Waals surface area contributed by atoms with Crippen LogP contribution in [-0.2, 0) is 22.7 Å². The molecule has 1 N–H and O–H groups in total. The lowest BCUT2D eigenvalue weighted by Gasteiger charge is -2.12. The number of sulfone groups is 1. The van der Waals surface area contributed by atoms with E-state index < -0.39 is 9.84 Å². The Kier molecular flexibility index (Phi) is 7.02. The molecular formula is C20H26O4S. The first-order chi connectivity index (χ1) is 11.9. The molecular weight excluding hydrogens is 336 g/mol. The van der Waals surface area contributed by atoms with Crippen molar-refractivity contribution >= 4 is 9.84 Å². The fraction of sp³-hybridized carbons (Fsp3) is 0.400. The zero-order valence-corrected chi connectivity index (χ0v) is 15.6. The molecule has 2 rings (SSSR count). The third-order valence-corrected chi connectivity index (χ3v) is 5.42. The number of aliphatic hydroxyl groups excluding tert-OH is 1. The van der Waals surface area contributed by atoms with Gasteiger partial charge in [-0.1, -0.05) is 37.6 Å². The average Bonchev–Trinajstić information content (AvgIpc) is 2.60. The first-order valence-corrected chi connectivity index (χ1v) is 10.4. The summed E-state index contributed by atoms with van der Waals surface area (Å²) < 4.78 is 28.6. The van der Waals surface area contributed by atoms with Crippen LogP contribution in [0, 0.1) is 5.92 Å². The van der Waals surface area contributed by atoms with Gasteiger partial charge < -0.3 is 9.84 Å². The highest BCUT2D eigenvalue weighted by atomic mass is 32.2. The summed E-state index contributed by atoms with van der Waals surface area (Å²) >= 11 is 0. The van der Waals surface area contributed by atoms with Crippen molar-refractivity contribution in [3.05, 3.63) is 59.7 Å². The first-order valence-electron chi connectivity index (χ1n) is 8.54. The maximum Gasteiger partial charge on any atom is 0.175 e. The lowest BCUT2D eigenvalue weighted by Crippen LogP contribution is -2.08. The monoisotopic (exact) mass is 362 g/mol. The second-order valence-electron chi connectivity index (χ2n) is 6.32. The van der Waals surface area contributed by atoms with Gasteiger partial charge in [0.2, 0.25) is 0 Å². The largest absolute Gasteiger partial charge is 0.493 e. The molecule has 0 aliphatic heterocycles. The highest BCUT2D eigenvalue weighted by molar-refractivity contribution is 7.90. The summed E-state index contributed by atoms with van der Waals surface area (Å²) in [5, 5.41) is 9.27. The Morgan fingerprint density at radius 2 is 1.60 bits per heavy atom. The van der Waals surface area contributed by atoms with E-state index in [1.54, 1.807) is 12.1 Å². The van der Waals surface area contributed by atoms with E-state index in [1.807, 2.05) is 36.4 Å². The van der Waals surface area contributed by atoms with Crippen LogP contribution in [0.1, 0.15) is 24.5 Å². The fourth-order valence-corrected chi connectivity index (χ4v) is 3.21. The standard InChI is InChI=1S/C20H26O4S/c1-3-16(15-21)14-18-4-8-19(9-5-18)24-13-12-17-6-10-20(11-7-17)25(2,22)23/h4-11,16,21H,3,12-15H2,1-2H3. The molecule has 2 aromatic carbocycles. The second-order valence-corrected chi connectivity index (χ2v) is 8.34. The summed E-state index contributed by atoms with van der Waals surface area (Å²) in [5.74, 6) is 1.12. The normalized spacial score (nSPS) is 12.8. The summed E-state index contributed by atoms with van der Waals surface area (Å²) in [7, 11) is -3.15. The predicted octanol–water partition coefficient (Wildman–Crippen LogP) is 3.27. The van der Waals surface area contributed by atoms with Gasteiger partial charge in [-0.15, -0.1) is 0 Å². The lowest BCUT2D eigenvalue weighted by molar-refractivity contribution is 0.222. The van der Waals surface area contributed by atoms with E-state index in [2.05, 4.69) is 6.92 Å². The van der Waals surface area contributed by atoms with Gasteiger partial charge >= 0.3 is 0 Å². The van der Waals surface area contributed by atoms with Gasteiger partial charge in [0.05, 0.1) is 11.5 Å². The minimum atomic E-state index is -3.15. The fourth-order valence-electron chi connectivity index (χ4n) is 2.58. The van der Waals surface area contributed by atoms with E-state index in [9.17, 15) is 13.5 Å². The highest BCUT2D eigenvalue weighted by Gasteiger charge is 2.07. The van der Waals surface area contributed by atoms with E-state index >= 15 is 0 Å². The van der Waals surface area contributed by atoms with E-state index in [0.717, 1.165) is 24.2 Å². The van der Waals surface area contributed by atoms with Crippen LogP contribution in [0.25, 0.3) is 0 Å². The first kappa shape index (κ1) is 19.5. The molecule has 0 aliphatic carbocycles. The minimum absolute atomic E-state index is 0.215. The van der Waals surface area contributed by atoms with Gasteiger partial charge in [-0.05, 0) is 47.7 Å². The SMILES string of the molecule is CCC(CO)Cc1ccc(OCCc2ccc(S(C)(=O)=O)cc2)cc1.